The molecule has 1 aromatic heterocycles. The van der Waals surface area contributed by atoms with Gasteiger partial charge in [-0.15, -0.1) is 0 Å². The number of nitrogens with two attached hydrogens (primary N) is 1. The molecule has 0 unspecified atom stereocenters. The molecule has 0 saturated heterocycles. The molecule has 0 aliphatic carbocycles. The first-order valence-electron chi connectivity index (χ1n) is 8.71. The fraction of sp³-hybridized carbons (Fsp3) is 0.450. The number of hydrogen-bond acceptors (Lipinski definition) is 1. The molecular weight excluding hydrogens is 298 g/mol. The number of nitrogens with zero attached hydrogens (tertiary/aromatic N) is 2. The minimum absolute atomic E-state index is 0.0100. The number of carbonyl (C=O) groups is 1. The van der Waals surface area contributed by atoms with Gasteiger partial charge in [-0.2, -0.15) is 0 Å². The zero-order chi connectivity index (χ0) is 17.3. The van der Waals surface area contributed by atoms with Crippen molar-refractivity contribution in [2.75, 3.05) is 13.1 Å². The van der Waals surface area contributed by atoms with Gasteiger partial charge in [0, 0.05) is 25.0 Å². The first-order chi connectivity index (χ1) is 11.4. The summed E-state index contributed by atoms with van der Waals surface area (Å²) >= 11 is 0. The second-order valence-corrected chi connectivity index (χ2v) is 7.75. The van der Waals surface area contributed by atoms with Gasteiger partial charge in [0.2, 0.25) is 0 Å². The van der Waals surface area contributed by atoms with E-state index in [9.17, 15) is 4.79 Å². The molecule has 1 aliphatic rings. The lowest BCUT2D eigenvalue weighted by atomic mass is 9.95. The lowest BCUT2D eigenvalue weighted by molar-refractivity contribution is -0.707. The molecule has 1 atom stereocenters. The molecule has 0 fully saturated rings. The molecule has 0 saturated carbocycles. The van der Waals surface area contributed by atoms with E-state index in [2.05, 4.69) is 85.1 Å². The quantitative estimate of drug-likeness (QED) is 0.922. The van der Waals surface area contributed by atoms with Crippen molar-refractivity contribution >= 4 is 5.91 Å². The summed E-state index contributed by atoms with van der Waals surface area (Å²) in [6.07, 6.45) is 2.11. The molecule has 4 nitrogen and oxygen atoms in total. The van der Waals surface area contributed by atoms with E-state index >= 15 is 0 Å². The minimum atomic E-state index is 0.0100. The number of hydrogen-bond donors (Lipinski definition) is 1. The van der Waals surface area contributed by atoms with Crippen molar-refractivity contribution < 1.29 is 10.1 Å². The van der Waals surface area contributed by atoms with Crippen LogP contribution in [0.4, 0.5) is 0 Å². The van der Waals surface area contributed by atoms with Crippen molar-refractivity contribution in [3.63, 3.8) is 0 Å². The van der Waals surface area contributed by atoms with Gasteiger partial charge in [-0.1, -0.05) is 24.3 Å². The van der Waals surface area contributed by atoms with E-state index in [1.54, 1.807) is 0 Å². The summed E-state index contributed by atoms with van der Waals surface area (Å²) < 4.78 is 2.27. The Labute approximate surface area is 144 Å². The summed E-state index contributed by atoms with van der Waals surface area (Å²) in [4.78, 5) is 15.0. The first-order valence-corrected chi connectivity index (χ1v) is 8.71. The van der Waals surface area contributed by atoms with Crippen molar-refractivity contribution in [3.8, 4) is 0 Å². The highest BCUT2D eigenvalue weighted by atomic mass is 16.2. The zero-order valence-electron chi connectivity index (χ0n) is 15.1. The standard InChI is InChI=1S/C20H27N3O/c1-15-8-5-6-9-16(15)19-17-10-7-11-22(17)12-13-23(19)18(24)14-21-20(2,3)4/h5-11,19,21H,12-14H2,1-4H3/p+1/t19-/m0/s1. The van der Waals surface area contributed by atoms with Crippen LogP contribution in [0.2, 0.25) is 0 Å². The fourth-order valence-electron chi connectivity index (χ4n) is 3.38. The van der Waals surface area contributed by atoms with Gasteiger partial charge in [-0.25, -0.2) is 0 Å². The Morgan fingerprint density at radius 1 is 1.17 bits per heavy atom. The Hall–Kier alpha value is -2.07. The van der Waals surface area contributed by atoms with Crippen LogP contribution in [-0.4, -0.2) is 34.0 Å². The third kappa shape index (κ3) is 3.39. The van der Waals surface area contributed by atoms with Gasteiger partial charge in [0.1, 0.15) is 0 Å². The predicted octanol–water partition coefficient (Wildman–Crippen LogP) is 2.09. The number of amides is 1. The van der Waals surface area contributed by atoms with Crippen LogP contribution >= 0.6 is 0 Å². The maximum atomic E-state index is 13.0. The topological polar surface area (TPSA) is 41.9 Å². The van der Waals surface area contributed by atoms with E-state index in [1.807, 2.05) is 0 Å². The lowest BCUT2D eigenvalue weighted by Gasteiger charge is -2.38. The molecule has 24 heavy (non-hydrogen) atoms. The molecule has 2 aromatic rings. The monoisotopic (exact) mass is 326 g/mol. The van der Waals surface area contributed by atoms with E-state index in [1.165, 1.54) is 16.8 Å². The predicted molar refractivity (Wildman–Crippen MR) is 95.7 cm³/mol. The Kier molecular flexibility index (Phi) is 4.50. The lowest BCUT2D eigenvalue weighted by Crippen LogP contribution is -2.96. The molecule has 2 heterocycles. The van der Waals surface area contributed by atoms with Gasteiger partial charge in [-0.3, -0.25) is 4.79 Å². The SMILES string of the molecule is Cc1ccccc1[C@H]1c2cccn2CCN1C(=O)C[NH2+]C(C)(C)C. The third-order valence-electron chi connectivity index (χ3n) is 4.73. The number of rotatable bonds is 3. The molecule has 0 radical (unpaired) electrons. The average Bonchev–Trinajstić information content (AvgIpc) is 3.00. The molecule has 128 valence electrons. The zero-order valence-corrected chi connectivity index (χ0v) is 15.1. The smallest absolute Gasteiger partial charge is 0.278 e. The number of aryl methyl sites for hydroxylation is 1. The minimum Gasteiger partial charge on any atom is -0.348 e. The molecule has 0 spiro atoms. The molecule has 3 rings (SSSR count). The Morgan fingerprint density at radius 3 is 2.62 bits per heavy atom. The van der Waals surface area contributed by atoms with Gasteiger partial charge in [-0.05, 0) is 51.0 Å². The van der Waals surface area contributed by atoms with Crippen LogP contribution in [0, 0.1) is 6.92 Å². The van der Waals surface area contributed by atoms with E-state index in [-0.39, 0.29) is 17.5 Å². The van der Waals surface area contributed by atoms with E-state index < -0.39 is 0 Å². The number of benzene rings is 1. The molecule has 1 aliphatic heterocycles. The second kappa shape index (κ2) is 6.44. The van der Waals surface area contributed by atoms with E-state index in [4.69, 9.17) is 0 Å². The van der Waals surface area contributed by atoms with Crippen molar-refractivity contribution in [2.45, 2.75) is 45.8 Å². The number of carbonyl (C=O) groups excluding carboxylic acids is 1. The van der Waals surface area contributed by atoms with Crippen molar-refractivity contribution in [3.05, 3.63) is 59.4 Å². The molecule has 4 heteroatoms. The third-order valence-corrected chi connectivity index (χ3v) is 4.73. The molecule has 1 amide bonds. The van der Waals surface area contributed by atoms with Crippen molar-refractivity contribution in [1.82, 2.24) is 9.47 Å². The Morgan fingerprint density at radius 2 is 1.92 bits per heavy atom. The van der Waals surface area contributed by atoms with Crippen LogP contribution in [0.25, 0.3) is 0 Å². The second-order valence-electron chi connectivity index (χ2n) is 7.75. The number of fused-ring (bicyclic) bond motifs is 1. The van der Waals surface area contributed by atoms with Crippen LogP contribution < -0.4 is 5.32 Å². The summed E-state index contributed by atoms with van der Waals surface area (Å²) in [6, 6.07) is 12.6. The molecule has 2 N–H and O–H groups in total. The molecule has 1 aromatic carbocycles. The van der Waals surface area contributed by atoms with Crippen molar-refractivity contribution in [1.29, 1.82) is 0 Å². The summed E-state index contributed by atoms with van der Waals surface area (Å²) in [7, 11) is 0. The first kappa shape index (κ1) is 16.8. The largest absolute Gasteiger partial charge is 0.348 e. The Balaban J connectivity index is 1.94. The van der Waals surface area contributed by atoms with Gasteiger partial charge in [0.05, 0.1) is 11.6 Å². The number of aromatic nitrogens is 1. The highest BCUT2D eigenvalue weighted by Crippen LogP contribution is 2.33. The summed E-state index contributed by atoms with van der Waals surface area (Å²) in [5, 5.41) is 2.12. The van der Waals surface area contributed by atoms with Crippen LogP contribution in [0.1, 0.15) is 43.6 Å². The fourth-order valence-corrected chi connectivity index (χ4v) is 3.38. The van der Waals surface area contributed by atoms with Crippen LogP contribution in [0.3, 0.4) is 0 Å². The Bertz CT molecular complexity index is 726. The summed E-state index contributed by atoms with van der Waals surface area (Å²) in [6.45, 7) is 10.7. The molecule has 0 bridgehead atoms. The maximum absolute atomic E-state index is 13.0. The highest BCUT2D eigenvalue weighted by molar-refractivity contribution is 5.78. The van der Waals surface area contributed by atoms with Gasteiger partial charge < -0.3 is 14.8 Å². The van der Waals surface area contributed by atoms with Gasteiger partial charge in [0.15, 0.2) is 6.54 Å². The summed E-state index contributed by atoms with van der Waals surface area (Å²) in [5.41, 5.74) is 3.72. The van der Waals surface area contributed by atoms with Crippen molar-refractivity contribution in [2.24, 2.45) is 0 Å². The van der Waals surface area contributed by atoms with E-state index in [0.29, 0.717) is 6.54 Å². The van der Waals surface area contributed by atoms with Crippen LogP contribution in [-0.2, 0) is 11.3 Å². The average molecular weight is 326 g/mol. The summed E-state index contributed by atoms with van der Waals surface area (Å²) in [5.74, 6) is 0.214. The number of quaternary nitrogens is 1. The van der Waals surface area contributed by atoms with Crippen LogP contribution in [0.15, 0.2) is 42.6 Å². The van der Waals surface area contributed by atoms with Gasteiger partial charge >= 0.3 is 0 Å². The molecular formula is C20H28N3O+. The van der Waals surface area contributed by atoms with Gasteiger partial charge in [0.25, 0.3) is 5.91 Å². The van der Waals surface area contributed by atoms with Crippen LogP contribution in [0.5, 0.6) is 0 Å². The normalized spacial score (nSPS) is 17.7. The van der Waals surface area contributed by atoms with E-state index in [0.717, 1.165) is 13.1 Å². The highest BCUT2D eigenvalue weighted by Gasteiger charge is 2.33. The maximum Gasteiger partial charge on any atom is 0.278 e.